The maximum Gasteiger partial charge on any atom is 0.256 e. The Bertz CT molecular complexity index is 661. The van der Waals surface area contributed by atoms with E-state index < -0.39 is 6.10 Å². The minimum atomic E-state index is -1.13. The third kappa shape index (κ3) is 3.65. The van der Waals surface area contributed by atoms with Gasteiger partial charge in [-0.3, -0.25) is 4.79 Å². The third-order valence-electron chi connectivity index (χ3n) is 3.87. The number of ether oxygens (including phenoxy) is 1. The molecular weight excluding hydrogens is 294 g/mol. The first-order valence-electron chi connectivity index (χ1n) is 7.62. The molecule has 1 aliphatic heterocycles. The number of hydrogen-bond donors (Lipinski definition) is 1. The first kappa shape index (κ1) is 15.4. The lowest BCUT2D eigenvalue weighted by molar-refractivity contribution is -0.139. The molecule has 120 valence electrons. The largest absolute Gasteiger partial charge is 0.471 e. The molecule has 1 aliphatic rings. The van der Waals surface area contributed by atoms with Crippen molar-refractivity contribution in [3.8, 4) is 5.88 Å². The molecule has 3 rings (SSSR count). The number of nitrogens with zero attached hydrogens (tertiary/aromatic N) is 3. The Morgan fingerprint density at radius 1 is 1.26 bits per heavy atom. The average molecular weight is 313 g/mol. The maximum absolute atomic E-state index is 12.4. The van der Waals surface area contributed by atoms with Crippen molar-refractivity contribution in [2.24, 2.45) is 0 Å². The summed E-state index contributed by atoms with van der Waals surface area (Å²) in [5, 5.41) is 18.1. The second-order valence-electron chi connectivity index (χ2n) is 5.64. The summed E-state index contributed by atoms with van der Waals surface area (Å²) in [6.45, 7) is 2.86. The fourth-order valence-electron chi connectivity index (χ4n) is 2.60. The smallest absolute Gasteiger partial charge is 0.256 e. The van der Waals surface area contributed by atoms with E-state index in [0.29, 0.717) is 31.0 Å². The topological polar surface area (TPSA) is 75.5 Å². The lowest BCUT2D eigenvalue weighted by atomic mass is 10.1. The zero-order valence-electron chi connectivity index (χ0n) is 12.9. The molecule has 1 aromatic heterocycles. The predicted molar refractivity (Wildman–Crippen MR) is 83.8 cm³/mol. The van der Waals surface area contributed by atoms with E-state index in [9.17, 15) is 9.90 Å². The summed E-state index contributed by atoms with van der Waals surface area (Å²) < 4.78 is 5.75. The van der Waals surface area contributed by atoms with Crippen LogP contribution in [-0.2, 0) is 4.79 Å². The Morgan fingerprint density at radius 2 is 2.04 bits per heavy atom. The molecule has 1 amide bonds. The van der Waals surface area contributed by atoms with Crippen molar-refractivity contribution in [3.05, 3.63) is 53.7 Å². The van der Waals surface area contributed by atoms with Crippen molar-refractivity contribution >= 4 is 5.91 Å². The Hall–Kier alpha value is -2.47. The van der Waals surface area contributed by atoms with Gasteiger partial charge in [0.1, 0.15) is 6.10 Å². The maximum atomic E-state index is 12.4. The Kier molecular flexibility index (Phi) is 4.52. The van der Waals surface area contributed by atoms with Crippen LogP contribution in [0.5, 0.6) is 5.88 Å². The number of hydrogen-bond acceptors (Lipinski definition) is 5. The Balaban J connectivity index is 1.58. The highest BCUT2D eigenvalue weighted by Gasteiger charge is 2.31. The van der Waals surface area contributed by atoms with E-state index in [1.54, 1.807) is 35.2 Å². The van der Waals surface area contributed by atoms with E-state index in [2.05, 4.69) is 10.2 Å². The van der Waals surface area contributed by atoms with Crippen molar-refractivity contribution in [1.82, 2.24) is 15.1 Å². The number of carbonyl (C=O) groups is 1. The third-order valence-corrected chi connectivity index (χ3v) is 3.87. The summed E-state index contributed by atoms with van der Waals surface area (Å²) in [5.41, 5.74) is 1.43. The van der Waals surface area contributed by atoms with Gasteiger partial charge in [0, 0.05) is 19.0 Å². The van der Waals surface area contributed by atoms with Crippen LogP contribution >= 0.6 is 0 Å². The molecule has 2 atom stereocenters. The molecule has 0 bridgehead atoms. The fraction of sp³-hybridized carbons (Fsp3) is 0.353. The molecule has 1 fully saturated rings. The molecule has 0 spiro atoms. The van der Waals surface area contributed by atoms with Crippen molar-refractivity contribution < 1.29 is 14.6 Å². The number of aliphatic hydroxyl groups is 1. The van der Waals surface area contributed by atoms with Crippen molar-refractivity contribution in [3.63, 3.8) is 0 Å². The molecule has 0 unspecified atom stereocenters. The van der Waals surface area contributed by atoms with E-state index in [-0.39, 0.29) is 12.0 Å². The normalized spacial score (nSPS) is 18.7. The molecule has 6 heteroatoms. The molecule has 1 N–H and O–H groups in total. The van der Waals surface area contributed by atoms with Gasteiger partial charge >= 0.3 is 0 Å². The molecule has 0 aliphatic carbocycles. The van der Waals surface area contributed by atoms with Gasteiger partial charge < -0.3 is 14.7 Å². The summed E-state index contributed by atoms with van der Waals surface area (Å²) in [6.07, 6.45) is -0.545. The number of carbonyl (C=O) groups excluding carboxylic acids is 1. The van der Waals surface area contributed by atoms with Gasteiger partial charge in [-0.1, -0.05) is 30.3 Å². The van der Waals surface area contributed by atoms with Crippen LogP contribution in [0.2, 0.25) is 0 Å². The van der Waals surface area contributed by atoms with Crippen LogP contribution in [0.15, 0.2) is 42.5 Å². The van der Waals surface area contributed by atoms with E-state index in [1.165, 1.54) is 0 Å². The number of aromatic nitrogens is 2. The van der Waals surface area contributed by atoms with Gasteiger partial charge in [0.2, 0.25) is 5.88 Å². The van der Waals surface area contributed by atoms with Crippen LogP contribution in [0.25, 0.3) is 0 Å². The van der Waals surface area contributed by atoms with Gasteiger partial charge in [0.15, 0.2) is 6.10 Å². The lowest BCUT2D eigenvalue weighted by Crippen LogP contribution is -2.34. The summed E-state index contributed by atoms with van der Waals surface area (Å²) in [5.74, 6) is 0.163. The second kappa shape index (κ2) is 6.75. The van der Waals surface area contributed by atoms with Gasteiger partial charge in [0.05, 0.1) is 12.2 Å². The summed E-state index contributed by atoms with van der Waals surface area (Å²) >= 11 is 0. The van der Waals surface area contributed by atoms with E-state index >= 15 is 0 Å². The van der Waals surface area contributed by atoms with Gasteiger partial charge in [-0.2, -0.15) is 5.10 Å². The second-order valence-corrected chi connectivity index (χ2v) is 5.64. The first-order chi connectivity index (χ1) is 11.1. The summed E-state index contributed by atoms with van der Waals surface area (Å²) in [7, 11) is 0. The van der Waals surface area contributed by atoms with Crippen molar-refractivity contribution in [2.45, 2.75) is 25.6 Å². The minimum Gasteiger partial charge on any atom is -0.471 e. The number of amides is 1. The van der Waals surface area contributed by atoms with Crippen LogP contribution in [0.1, 0.15) is 23.8 Å². The zero-order valence-corrected chi connectivity index (χ0v) is 12.9. The van der Waals surface area contributed by atoms with E-state index in [4.69, 9.17) is 4.74 Å². The van der Waals surface area contributed by atoms with Gasteiger partial charge in [-0.25, -0.2) is 0 Å². The highest BCUT2D eigenvalue weighted by Crippen LogP contribution is 2.21. The SMILES string of the molecule is Cc1ccc(O[C@@H]2CCN(C(=O)[C@@H](O)c3ccccc3)C2)nn1. The molecule has 2 heterocycles. The molecule has 6 nitrogen and oxygen atoms in total. The standard InChI is InChI=1S/C17H19N3O3/c1-12-7-8-15(19-18-12)23-14-9-10-20(11-14)17(22)16(21)13-5-3-2-4-6-13/h2-8,14,16,21H,9-11H2,1H3/t14-,16+/m1/s1. The lowest BCUT2D eigenvalue weighted by Gasteiger charge is -2.20. The number of aryl methyl sites for hydroxylation is 1. The molecule has 23 heavy (non-hydrogen) atoms. The van der Waals surface area contributed by atoms with Crippen LogP contribution in [0.3, 0.4) is 0 Å². The summed E-state index contributed by atoms with van der Waals surface area (Å²) in [4.78, 5) is 14.0. The van der Waals surface area contributed by atoms with Gasteiger partial charge in [-0.15, -0.1) is 5.10 Å². The average Bonchev–Trinajstić information content (AvgIpc) is 3.05. The van der Waals surface area contributed by atoms with Crippen LogP contribution in [0.4, 0.5) is 0 Å². The molecule has 0 saturated carbocycles. The van der Waals surface area contributed by atoms with Gasteiger partial charge in [-0.05, 0) is 18.6 Å². The molecular formula is C17H19N3O3. The quantitative estimate of drug-likeness (QED) is 0.926. The van der Waals surface area contributed by atoms with Crippen molar-refractivity contribution in [2.75, 3.05) is 13.1 Å². The molecule has 0 radical (unpaired) electrons. The Morgan fingerprint density at radius 3 is 2.74 bits per heavy atom. The highest BCUT2D eigenvalue weighted by atomic mass is 16.5. The van der Waals surface area contributed by atoms with E-state index in [1.807, 2.05) is 19.1 Å². The first-order valence-corrected chi connectivity index (χ1v) is 7.62. The number of benzene rings is 1. The number of rotatable bonds is 4. The zero-order chi connectivity index (χ0) is 16.2. The van der Waals surface area contributed by atoms with Crippen LogP contribution < -0.4 is 4.74 Å². The van der Waals surface area contributed by atoms with Crippen molar-refractivity contribution in [1.29, 1.82) is 0 Å². The molecule has 2 aromatic rings. The van der Waals surface area contributed by atoms with Gasteiger partial charge in [0.25, 0.3) is 5.91 Å². The van der Waals surface area contributed by atoms with Crippen LogP contribution in [-0.4, -0.2) is 45.3 Å². The fourth-order valence-corrected chi connectivity index (χ4v) is 2.60. The predicted octanol–water partition coefficient (Wildman–Crippen LogP) is 1.50. The Labute approximate surface area is 134 Å². The monoisotopic (exact) mass is 313 g/mol. The minimum absolute atomic E-state index is 0.126. The summed E-state index contributed by atoms with van der Waals surface area (Å²) in [6, 6.07) is 12.5. The number of aliphatic hydroxyl groups excluding tert-OH is 1. The molecule has 1 saturated heterocycles. The molecule has 1 aromatic carbocycles. The number of likely N-dealkylation sites (tertiary alicyclic amines) is 1. The van der Waals surface area contributed by atoms with Crippen LogP contribution in [0, 0.1) is 6.92 Å². The highest BCUT2D eigenvalue weighted by molar-refractivity contribution is 5.82. The van der Waals surface area contributed by atoms with E-state index in [0.717, 1.165) is 5.69 Å².